The summed E-state index contributed by atoms with van der Waals surface area (Å²) in [4.78, 5) is 19.0. The summed E-state index contributed by atoms with van der Waals surface area (Å²) >= 11 is 0. The van der Waals surface area contributed by atoms with Crippen molar-refractivity contribution < 1.29 is 23.8 Å². The molecule has 2 atom stereocenters. The second-order valence-electron chi connectivity index (χ2n) is 2.42. The first-order chi connectivity index (χ1) is 6.11. The predicted octanol–water partition coefficient (Wildman–Crippen LogP) is -0.325. The number of carboxylic acids is 1. The van der Waals surface area contributed by atoms with Crippen LogP contribution in [0.4, 0.5) is 0 Å². The molecule has 0 spiro atoms. The van der Waals surface area contributed by atoms with Crippen LogP contribution in [0.5, 0.6) is 0 Å². The van der Waals surface area contributed by atoms with Crippen molar-refractivity contribution >= 4 is 14.0 Å². The van der Waals surface area contributed by atoms with Crippen LogP contribution in [0, 0.1) is 0 Å². The van der Waals surface area contributed by atoms with Crippen molar-refractivity contribution in [2.75, 3.05) is 0 Å². The fourth-order valence-electron chi connectivity index (χ4n) is 0.871. The molecule has 6 heteroatoms. The van der Waals surface area contributed by atoms with Crippen molar-refractivity contribution in [2.24, 2.45) is 0 Å². The smallest absolute Gasteiger partial charge is 0.515 e. The molecule has 13 heavy (non-hydrogen) atoms. The highest BCUT2D eigenvalue weighted by Gasteiger charge is 2.31. The maximum absolute atomic E-state index is 10.6. The van der Waals surface area contributed by atoms with Crippen molar-refractivity contribution in [1.82, 2.24) is 0 Å². The van der Waals surface area contributed by atoms with Crippen molar-refractivity contribution in [1.29, 1.82) is 0 Å². The Balaban J connectivity index is 2.69. The maximum Gasteiger partial charge on any atom is 0.515 e. The fraction of sp³-hybridized carbons (Fsp3) is 0.286. The number of carbonyl (C=O) groups excluding carboxylic acids is 1. The molecule has 1 N–H and O–H groups in total. The van der Waals surface area contributed by atoms with Gasteiger partial charge in [0.15, 0.2) is 0 Å². The van der Waals surface area contributed by atoms with E-state index in [4.69, 9.17) is 9.31 Å². The van der Waals surface area contributed by atoms with Gasteiger partial charge in [0.25, 0.3) is 0 Å². The molecular weight excluding hydrogens is 195 g/mol. The number of hydrogen-bond acceptors (Lipinski definition) is 4. The Morgan fingerprint density at radius 1 is 1.77 bits per heavy atom. The summed E-state index contributed by atoms with van der Waals surface area (Å²) in [5, 5.41) is 10.4. The molecule has 1 heterocycles. The molecule has 0 aliphatic carbocycles. The zero-order valence-corrected chi connectivity index (χ0v) is 7.44. The van der Waals surface area contributed by atoms with Gasteiger partial charge in [0.05, 0.1) is 18.7 Å². The van der Waals surface area contributed by atoms with Crippen LogP contribution in [0.3, 0.4) is 0 Å². The Morgan fingerprint density at radius 3 is 2.85 bits per heavy atom. The molecule has 0 aliphatic heterocycles. The van der Waals surface area contributed by atoms with Crippen molar-refractivity contribution in [3.8, 4) is 0 Å². The predicted molar refractivity (Wildman–Crippen MR) is 41.0 cm³/mol. The third-order valence-electron chi connectivity index (χ3n) is 1.51. The average molecular weight is 202 g/mol. The highest BCUT2D eigenvalue weighted by Crippen LogP contribution is 2.25. The molecule has 0 bridgehead atoms. The minimum atomic E-state index is -2.78. The van der Waals surface area contributed by atoms with Gasteiger partial charge in [0, 0.05) is 0 Å². The molecule has 0 saturated carbocycles. The lowest BCUT2D eigenvalue weighted by atomic mass is 10.2. The number of carbonyl (C=O) groups is 1. The van der Waals surface area contributed by atoms with E-state index >= 15 is 0 Å². The highest BCUT2D eigenvalue weighted by molar-refractivity contribution is 7.40. The van der Waals surface area contributed by atoms with Crippen molar-refractivity contribution in [3.05, 3.63) is 24.2 Å². The molecule has 0 fully saturated rings. The van der Waals surface area contributed by atoms with Gasteiger partial charge in [-0.2, -0.15) is 4.89 Å². The van der Waals surface area contributed by atoms with E-state index in [9.17, 15) is 14.5 Å². The van der Waals surface area contributed by atoms with Crippen molar-refractivity contribution in [2.45, 2.75) is 12.1 Å². The van der Waals surface area contributed by atoms with E-state index in [2.05, 4.69) is 0 Å². The summed E-state index contributed by atoms with van der Waals surface area (Å²) in [6, 6.07) is 3.11. The summed E-state index contributed by atoms with van der Waals surface area (Å²) in [5.41, 5.74) is -1.40. The Bertz CT molecular complexity index is 291. The van der Waals surface area contributed by atoms with Gasteiger partial charge in [-0.25, -0.2) is 0 Å². The molecule has 1 aromatic heterocycles. The van der Waals surface area contributed by atoms with E-state index in [0.29, 0.717) is 5.76 Å². The molecule has 1 unspecified atom stereocenters. The van der Waals surface area contributed by atoms with E-state index < -0.39 is 19.7 Å². The van der Waals surface area contributed by atoms with Gasteiger partial charge in [0.1, 0.15) is 5.76 Å². The van der Waals surface area contributed by atoms with E-state index in [1.807, 2.05) is 0 Å². The van der Waals surface area contributed by atoms with Gasteiger partial charge >= 0.3 is 8.03 Å². The van der Waals surface area contributed by atoms with E-state index in [-0.39, 0.29) is 6.42 Å². The lowest BCUT2D eigenvalue weighted by molar-refractivity contribution is -0.305. The second kappa shape index (κ2) is 4.16. The van der Waals surface area contributed by atoms with Crippen LogP contribution >= 0.6 is 8.03 Å². The van der Waals surface area contributed by atoms with Crippen LogP contribution in [-0.2, 0) is 15.8 Å². The number of furan rings is 1. The zero-order valence-electron chi connectivity index (χ0n) is 6.54. The summed E-state index contributed by atoms with van der Waals surface area (Å²) < 4.78 is 15.4. The monoisotopic (exact) mass is 202 g/mol. The molecule has 0 saturated heterocycles. The lowest BCUT2D eigenvalue weighted by Gasteiger charge is -2.02. The summed E-state index contributed by atoms with van der Waals surface area (Å²) in [5.74, 6) is -1.19. The zero-order chi connectivity index (χ0) is 9.84. The minimum absolute atomic E-state index is 0.124. The van der Waals surface area contributed by atoms with Gasteiger partial charge in [0.2, 0.25) is 5.66 Å². The molecule has 0 radical (unpaired) electrons. The van der Waals surface area contributed by atoms with Crippen LogP contribution in [0.1, 0.15) is 5.76 Å². The number of aliphatic carboxylic acids is 1. The van der Waals surface area contributed by atoms with Crippen LogP contribution in [-0.4, -0.2) is 16.5 Å². The second-order valence-corrected chi connectivity index (χ2v) is 3.65. The quantitative estimate of drug-likeness (QED) is 0.675. The largest absolute Gasteiger partial charge is 0.545 e. The third-order valence-corrected chi connectivity index (χ3v) is 2.44. The van der Waals surface area contributed by atoms with Crippen molar-refractivity contribution in [3.63, 3.8) is 0 Å². The molecule has 0 amide bonds. The fourth-order valence-corrected chi connectivity index (χ4v) is 1.39. The number of carboxylic acid groups (broad SMARTS) is 1. The number of hydrogen-bond donors (Lipinski definition) is 1. The van der Waals surface area contributed by atoms with E-state index in [0.717, 1.165) is 0 Å². The normalized spacial score (nSPS) is 13.8. The third kappa shape index (κ3) is 2.65. The Kier molecular flexibility index (Phi) is 3.17. The average Bonchev–Trinajstić information content (AvgIpc) is 2.50. The van der Waals surface area contributed by atoms with Crippen LogP contribution in [0.25, 0.3) is 0 Å². The van der Waals surface area contributed by atoms with Crippen LogP contribution in [0.2, 0.25) is 0 Å². The van der Waals surface area contributed by atoms with E-state index in [1.54, 1.807) is 6.07 Å². The molecule has 0 aliphatic rings. The minimum Gasteiger partial charge on any atom is -0.545 e. The Morgan fingerprint density at radius 2 is 2.46 bits per heavy atom. The first-order valence-corrected chi connectivity index (χ1v) is 4.78. The standard InChI is InChI=1S/C7H7O5P/c8-7(9)6(13(10)11)4-5-2-1-3-12-5/h1-3,6H,4H2,(H-,8,9,10,11)/t6-/m0/s1. The summed E-state index contributed by atoms with van der Waals surface area (Å²) in [6.07, 6.45) is 1.24. The highest BCUT2D eigenvalue weighted by atomic mass is 31.1. The molecule has 1 aromatic rings. The lowest BCUT2D eigenvalue weighted by Crippen LogP contribution is -2.34. The molecule has 70 valence electrons. The molecule has 5 nitrogen and oxygen atoms in total. The Hall–Kier alpha value is -1.19. The van der Waals surface area contributed by atoms with E-state index in [1.165, 1.54) is 12.3 Å². The summed E-state index contributed by atoms with van der Waals surface area (Å²) in [6.45, 7) is 0. The van der Waals surface area contributed by atoms with Gasteiger partial charge in [-0.15, -0.1) is 0 Å². The van der Waals surface area contributed by atoms with Gasteiger partial charge in [-0.3, -0.25) is 0 Å². The van der Waals surface area contributed by atoms with Gasteiger partial charge < -0.3 is 14.3 Å². The molecular formula is C7H7O5P. The summed E-state index contributed by atoms with van der Waals surface area (Å²) in [7, 11) is -2.78. The first kappa shape index (κ1) is 9.89. The molecule has 1 rings (SSSR count). The topological polar surface area (TPSA) is 90.6 Å². The molecule has 0 aromatic carbocycles. The van der Waals surface area contributed by atoms with Crippen LogP contribution < -0.4 is 5.11 Å². The maximum atomic E-state index is 10.6. The number of rotatable bonds is 4. The van der Waals surface area contributed by atoms with Gasteiger partial charge in [-0.1, -0.05) is 0 Å². The first-order valence-electron chi connectivity index (χ1n) is 3.49. The van der Waals surface area contributed by atoms with Gasteiger partial charge in [-0.05, 0) is 16.7 Å². The van der Waals surface area contributed by atoms with Crippen LogP contribution in [0.15, 0.2) is 22.8 Å². The SMILES string of the molecule is O=C([O-])[C@H](Cc1ccco1)[P+](=O)O. The Labute approximate surface area is 74.9 Å².